The Bertz CT molecular complexity index is 1300. The molecule has 11 heteroatoms. The molecule has 5 N–H and O–H groups in total. The number of anilines is 1. The number of aryl methyl sites for hydroxylation is 1. The Morgan fingerprint density at radius 1 is 1.11 bits per heavy atom. The van der Waals surface area contributed by atoms with E-state index in [1.165, 1.54) is 25.3 Å². The molecule has 0 aliphatic carbocycles. The molecule has 0 aromatic heterocycles. The van der Waals surface area contributed by atoms with Crippen molar-refractivity contribution in [2.45, 2.75) is 70.8 Å². The van der Waals surface area contributed by atoms with E-state index in [1.54, 1.807) is 31.1 Å². The van der Waals surface area contributed by atoms with Crippen molar-refractivity contribution < 1.29 is 13.6 Å². The summed E-state index contributed by atoms with van der Waals surface area (Å²) in [5.74, 6) is 1.08. The van der Waals surface area contributed by atoms with Crippen LogP contribution in [0.4, 0.5) is 14.5 Å². The number of amidine groups is 1. The molecule has 4 aliphatic rings. The molecule has 5 rings (SSSR count). The molecule has 4 aliphatic heterocycles. The summed E-state index contributed by atoms with van der Waals surface area (Å²) in [6, 6.07) is 3.58. The number of allylic oxidation sites excluding steroid dienone is 1. The average Bonchev–Trinajstić information content (AvgIpc) is 3.06. The van der Waals surface area contributed by atoms with E-state index >= 15 is 0 Å². The van der Waals surface area contributed by atoms with Gasteiger partial charge in [0.2, 0.25) is 5.91 Å². The van der Waals surface area contributed by atoms with Gasteiger partial charge < -0.3 is 36.1 Å². The quantitative estimate of drug-likeness (QED) is 0.194. The van der Waals surface area contributed by atoms with Gasteiger partial charge in [-0.25, -0.2) is 8.78 Å². The smallest absolute Gasteiger partial charge is 0.264 e. The van der Waals surface area contributed by atoms with E-state index in [4.69, 9.17) is 5.41 Å². The SMILES string of the molecule is CN/C=C(\C=N)c1cc2c(cc1C(F)F)N(C(=N)C1=C(NC3CCN(CCC4CCNCC4)CC3)CCN(C(C)=O)C1)CCC2. The second-order valence-electron chi connectivity index (χ2n) is 12.9. The number of amides is 1. The van der Waals surface area contributed by atoms with Gasteiger partial charge in [0.15, 0.2) is 0 Å². The normalized spacial score (nSPS) is 20.8. The van der Waals surface area contributed by atoms with Crippen molar-refractivity contribution in [3.63, 3.8) is 0 Å². The average molecular weight is 625 g/mol. The van der Waals surface area contributed by atoms with Crippen LogP contribution in [0.1, 0.15) is 75.0 Å². The van der Waals surface area contributed by atoms with E-state index < -0.39 is 6.43 Å². The van der Waals surface area contributed by atoms with Crippen molar-refractivity contribution in [1.29, 1.82) is 10.8 Å². The summed E-state index contributed by atoms with van der Waals surface area (Å²) in [7, 11) is 1.68. The number of piperidine rings is 2. The molecule has 1 aromatic carbocycles. The summed E-state index contributed by atoms with van der Waals surface area (Å²) in [6.07, 6.45) is 7.96. The zero-order chi connectivity index (χ0) is 31.9. The molecule has 2 saturated heterocycles. The molecule has 0 bridgehead atoms. The molecule has 45 heavy (non-hydrogen) atoms. The van der Waals surface area contributed by atoms with Crippen LogP contribution < -0.4 is 20.9 Å². The highest BCUT2D eigenvalue weighted by Crippen LogP contribution is 2.38. The third-order valence-electron chi connectivity index (χ3n) is 10.00. The number of alkyl halides is 2. The van der Waals surface area contributed by atoms with Crippen LogP contribution in [-0.2, 0) is 11.2 Å². The fourth-order valence-electron chi connectivity index (χ4n) is 7.32. The van der Waals surface area contributed by atoms with Crippen molar-refractivity contribution >= 4 is 29.2 Å². The first-order chi connectivity index (χ1) is 21.8. The molecule has 0 unspecified atom stereocenters. The predicted molar refractivity (Wildman–Crippen MR) is 177 cm³/mol. The summed E-state index contributed by atoms with van der Waals surface area (Å²) >= 11 is 0. The molecule has 0 spiro atoms. The van der Waals surface area contributed by atoms with Gasteiger partial charge in [-0.15, -0.1) is 0 Å². The number of fused-ring (bicyclic) bond motifs is 1. The topological polar surface area (TPSA) is 111 Å². The third-order valence-corrected chi connectivity index (χ3v) is 10.00. The van der Waals surface area contributed by atoms with Crippen LogP contribution >= 0.6 is 0 Å². The Hall–Kier alpha value is -3.31. The Morgan fingerprint density at radius 3 is 2.53 bits per heavy atom. The van der Waals surface area contributed by atoms with Crippen molar-refractivity contribution in [3.8, 4) is 0 Å². The number of benzene rings is 1. The van der Waals surface area contributed by atoms with Gasteiger partial charge in [0.05, 0.1) is 6.54 Å². The van der Waals surface area contributed by atoms with Crippen LogP contribution in [-0.4, -0.2) is 93.2 Å². The van der Waals surface area contributed by atoms with E-state index in [0.717, 1.165) is 81.0 Å². The Morgan fingerprint density at radius 2 is 1.87 bits per heavy atom. The minimum Gasteiger partial charge on any atom is -0.393 e. The summed E-state index contributed by atoms with van der Waals surface area (Å²) in [5, 5.41) is 27.3. The van der Waals surface area contributed by atoms with Gasteiger partial charge in [0.25, 0.3) is 6.43 Å². The van der Waals surface area contributed by atoms with Crippen LogP contribution in [0.5, 0.6) is 0 Å². The molecular weight excluding hydrogens is 574 g/mol. The molecule has 1 aromatic rings. The fraction of sp³-hybridized carbons (Fsp3) is 0.618. The van der Waals surface area contributed by atoms with Crippen molar-refractivity contribution in [3.05, 3.63) is 46.3 Å². The number of carbonyl (C=O) groups is 1. The Kier molecular flexibility index (Phi) is 11.3. The van der Waals surface area contributed by atoms with Crippen molar-refractivity contribution in [2.24, 2.45) is 5.92 Å². The van der Waals surface area contributed by atoms with Crippen LogP contribution in [0.3, 0.4) is 0 Å². The Balaban J connectivity index is 1.35. The highest BCUT2D eigenvalue weighted by atomic mass is 19.3. The molecule has 0 radical (unpaired) electrons. The zero-order valence-corrected chi connectivity index (χ0v) is 26.9. The van der Waals surface area contributed by atoms with E-state index in [-0.39, 0.29) is 17.3 Å². The van der Waals surface area contributed by atoms with Gasteiger partial charge in [-0.05, 0) is 93.8 Å². The lowest BCUT2D eigenvalue weighted by atomic mass is 9.91. The summed E-state index contributed by atoms with van der Waals surface area (Å²) in [5.41, 5.74) is 3.87. The van der Waals surface area contributed by atoms with Gasteiger partial charge in [-0.2, -0.15) is 0 Å². The first-order valence-corrected chi connectivity index (χ1v) is 16.7. The number of carbonyl (C=O) groups excluding carboxylic acids is 1. The van der Waals surface area contributed by atoms with E-state index in [2.05, 4.69) is 20.9 Å². The van der Waals surface area contributed by atoms with E-state index in [9.17, 15) is 19.0 Å². The van der Waals surface area contributed by atoms with Gasteiger partial charge in [0, 0.05) is 93.1 Å². The van der Waals surface area contributed by atoms with Crippen LogP contribution in [0, 0.1) is 16.7 Å². The lowest BCUT2D eigenvalue weighted by Gasteiger charge is -2.39. The van der Waals surface area contributed by atoms with Gasteiger partial charge in [-0.1, -0.05) is 0 Å². The molecule has 0 atom stereocenters. The van der Waals surface area contributed by atoms with Crippen LogP contribution in [0.25, 0.3) is 5.57 Å². The lowest BCUT2D eigenvalue weighted by Crippen LogP contribution is -2.48. The highest BCUT2D eigenvalue weighted by molar-refractivity contribution is 6.11. The molecule has 9 nitrogen and oxygen atoms in total. The molecule has 1 amide bonds. The van der Waals surface area contributed by atoms with Crippen LogP contribution in [0.2, 0.25) is 0 Å². The number of hydrogen-bond acceptors (Lipinski definition) is 7. The number of likely N-dealkylation sites (tertiary alicyclic amines) is 1. The first-order valence-electron chi connectivity index (χ1n) is 16.7. The summed E-state index contributed by atoms with van der Waals surface area (Å²) in [4.78, 5) is 18.6. The van der Waals surface area contributed by atoms with Crippen molar-refractivity contribution in [1.82, 2.24) is 25.8 Å². The minimum atomic E-state index is -2.73. The maximum Gasteiger partial charge on any atom is 0.264 e. The minimum absolute atomic E-state index is 0.0272. The molecule has 4 heterocycles. The zero-order valence-electron chi connectivity index (χ0n) is 26.9. The molecule has 2 fully saturated rings. The highest BCUT2D eigenvalue weighted by Gasteiger charge is 2.32. The molecule has 0 saturated carbocycles. The number of nitrogens with zero attached hydrogens (tertiary/aromatic N) is 3. The van der Waals surface area contributed by atoms with Gasteiger partial charge in [0.1, 0.15) is 5.84 Å². The number of nitrogens with one attached hydrogen (secondary N) is 5. The standard InChI is InChI=1S/C34H50F2N8O/c1-23(45)43-17-10-31(41-27-8-15-42(16-9-27)14-7-24-5-11-40-12-6-24)30(22-43)34(38)44-13-3-4-25-18-28(26(20-37)21-39-2)29(33(35)36)19-32(25)44/h18-21,24,27,33,37-41H,3-17,22H2,1-2H3/b26-21+,37-20?,38-34?. The second kappa shape index (κ2) is 15.3. The third kappa shape index (κ3) is 7.92. The number of halogens is 2. The van der Waals surface area contributed by atoms with Crippen molar-refractivity contribution in [2.75, 3.05) is 64.3 Å². The summed E-state index contributed by atoms with van der Waals surface area (Å²) < 4.78 is 28.8. The lowest BCUT2D eigenvalue weighted by molar-refractivity contribution is -0.128. The number of rotatable bonds is 10. The van der Waals surface area contributed by atoms with Gasteiger partial charge in [-0.3, -0.25) is 10.2 Å². The molecular formula is C34H50F2N8O. The maximum absolute atomic E-state index is 14.4. The Labute approximate surface area is 266 Å². The van der Waals surface area contributed by atoms with E-state index in [1.807, 2.05) is 4.90 Å². The number of hydrogen-bond donors (Lipinski definition) is 5. The fourth-order valence-corrected chi connectivity index (χ4v) is 7.32. The monoisotopic (exact) mass is 624 g/mol. The molecule has 246 valence electrons. The largest absolute Gasteiger partial charge is 0.393 e. The van der Waals surface area contributed by atoms with Gasteiger partial charge >= 0.3 is 0 Å². The maximum atomic E-state index is 14.4. The summed E-state index contributed by atoms with van der Waals surface area (Å²) in [6.45, 7) is 8.59. The predicted octanol–water partition coefficient (Wildman–Crippen LogP) is 4.51. The first kappa shape index (κ1) is 33.1. The van der Waals surface area contributed by atoms with Crippen LogP contribution in [0.15, 0.2) is 29.6 Å². The second-order valence-corrected chi connectivity index (χ2v) is 12.9. The van der Waals surface area contributed by atoms with E-state index in [0.29, 0.717) is 55.3 Å².